The Bertz CT molecular complexity index is 1130. The average molecular weight is 482 g/mol. The van der Waals surface area contributed by atoms with Gasteiger partial charge in [-0.1, -0.05) is 23.4 Å². The number of carbonyl (C=O) groups excluding carboxylic acids is 1. The Hall–Kier alpha value is -3.72. The van der Waals surface area contributed by atoms with E-state index in [2.05, 4.69) is 10.5 Å². The van der Waals surface area contributed by atoms with Crippen LogP contribution in [0.1, 0.15) is 24.1 Å². The lowest BCUT2D eigenvalue weighted by Crippen LogP contribution is -2.39. The van der Waals surface area contributed by atoms with Gasteiger partial charge in [-0.2, -0.15) is 0 Å². The first-order valence-electron chi connectivity index (χ1n) is 11.5. The van der Waals surface area contributed by atoms with Crippen molar-refractivity contribution in [3.05, 3.63) is 53.7 Å². The standard InChI is InChI=1S/C26H31N3O6/c1-17-8-5-6-10-21(17)27-26(30)29(16-20-9-7-11-34-20)15-19-14-22(35-28-19)18-12-23(31-2)25(33-4)24(13-18)32-3/h5-6,8,10,12-14,20H,7,9,11,15-16H2,1-4H3,(H,27,30)/t20-/m1/s1. The van der Waals surface area contributed by atoms with Crippen LogP contribution in [0.25, 0.3) is 11.3 Å². The van der Waals surface area contributed by atoms with E-state index in [4.69, 9.17) is 23.5 Å². The highest BCUT2D eigenvalue weighted by Gasteiger charge is 2.25. The highest BCUT2D eigenvalue weighted by Crippen LogP contribution is 2.41. The molecule has 0 unspecified atom stereocenters. The molecule has 0 spiro atoms. The van der Waals surface area contributed by atoms with Crippen LogP contribution in [-0.2, 0) is 11.3 Å². The van der Waals surface area contributed by atoms with Gasteiger partial charge in [-0.25, -0.2) is 4.79 Å². The molecule has 9 heteroatoms. The minimum absolute atomic E-state index is 0.000831. The molecule has 1 N–H and O–H groups in total. The van der Waals surface area contributed by atoms with E-state index in [1.807, 2.05) is 37.3 Å². The average Bonchev–Trinajstić information content (AvgIpc) is 3.56. The van der Waals surface area contributed by atoms with Crippen LogP contribution in [-0.4, -0.2) is 56.7 Å². The van der Waals surface area contributed by atoms with Crippen LogP contribution in [0.4, 0.5) is 10.5 Å². The molecule has 1 aliphatic rings. The lowest BCUT2D eigenvalue weighted by molar-refractivity contribution is 0.0814. The Labute approximate surface area is 204 Å². The van der Waals surface area contributed by atoms with Gasteiger partial charge in [0.25, 0.3) is 0 Å². The number of aromatic nitrogens is 1. The molecule has 0 bridgehead atoms. The summed E-state index contributed by atoms with van der Waals surface area (Å²) in [6.07, 6.45) is 1.91. The van der Waals surface area contributed by atoms with E-state index in [-0.39, 0.29) is 18.7 Å². The summed E-state index contributed by atoms with van der Waals surface area (Å²) in [4.78, 5) is 14.9. The Morgan fingerprint density at radius 1 is 1.11 bits per heavy atom. The van der Waals surface area contributed by atoms with Gasteiger partial charge in [0.1, 0.15) is 5.69 Å². The van der Waals surface area contributed by atoms with Crippen molar-refractivity contribution in [1.82, 2.24) is 10.1 Å². The first-order valence-corrected chi connectivity index (χ1v) is 11.5. The van der Waals surface area contributed by atoms with Crippen molar-refractivity contribution in [1.29, 1.82) is 0 Å². The largest absolute Gasteiger partial charge is 0.493 e. The quantitative estimate of drug-likeness (QED) is 0.465. The maximum atomic E-state index is 13.2. The van der Waals surface area contributed by atoms with Crippen molar-refractivity contribution >= 4 is 11.7 Å². The number of urea groups is 1. The fourth-order valence-electron chi connectivity index (χ4n) is 4.10. The zero-order chi connectivity index (χ0) is 24.8. The van der Waals surface area contributed by atoms with Crippen molar-refractivity contribution in [2.45, 2.75) is 32.4 Å². The van der Waals surface area contributed by atoms with Crippen LogP contribution in [0.3, 0.4) is 0 Å². The third-order valence-corrected chi connectivity index (χ3v) is 5.98. The van der Waals surface area contributed by atoms with E-state index in [1.54, 1.807) is 38.4 Å². The van der Waals surface area contributed by atoms with Gasteiger partial charge in [0.15, 0.2) is 17.3 Å². The zero-order valence-corrected chi connectivity index (χ0v) is 20.5. The third-order valence-electron chi connectivity index (χ3n) is 5.98. The van der Waals surface area contributed by atoms with Crippen molar-refractivity contribution < 1.29 is 28.3 Å². The van der Waals surface area contributed by atoms with Gasteiger partial charge in [-0.05, 0) is 43.5 Å². The van der Waals surface area contributed by atoms with Crippen LogP contribution in [0.2, 0.25) is 0 Å². The molecule has 0 saturated carbocycles. The van der Waals surface area contributed by atoms with Crippen LogP contribution in [0.15, 0.2) is 47.0 Å². The van der Waals surface area contributed by atoms with E-state index in [0.29, 0.717) is 47.4 Å². The van der Waals surface area contributed by atoms with Crippen LogP contribution in [0, 0.1) is 6.92 Å². The van der Waals surface area contributed by atoms with Gasteiger partial charge in [0, 0.05) is 30.5 Å². The van der Waals surface area contributed by atoms with Gasteiger partial charge in [-0.15, -0.1) is 0 Å². The van der Waals surface area contributed by atoms with Crippen molar-refractivity contribution in [2.75, 3.05) is 39.8 Å². The fourth-order valence-corrected chi connectivity index (χ4v) is 4.10. The molecule has 1 atom stereocenters. The molecule has 2 amide bonds. The molecule has 1 aliphatic heterocycles. The number of carbonyl (C=O) groups is 1. The summed E-state index contributed by atoms with van der Waals surface area (Å²) in [5.74, 6) is 2.04. The third kappa shape index (κ3) is 5.68. The van der Waals surface area contributed by atoms with Crippen molar-refractivity contribution in [2.24, 2.45) is 0 Å². The van der Waals surface area contributed by atoms with E-state index in [9.17, 15) is 4.79 Å². The van der Waals surface area contributed by atoms with E-state index in [1.165, 1.54) is 0 Å². The first kappa shape index (κ1) is 24.4. The second kappa shape index (κ2) is 11.1. The number of amides is 2. The van der Waals surface area contributed by atoms with E-state index in [0.717, 1.165) is 24.1 Å². The predicted octanol–water partition coefficient (Wildman–Crippen LogP) is 4.89. The maximum absolute atomic E-state index is 13.2. The number of para-hydroxylation sites is 1. The number of methoxy groups -OCH3 is 3. The van der Waals surface area contributed by atoms with Crippen LogP contribution < -0.4 is 19.5 Å². The molecule has 1 aromatic heterocycles. The highest BCUT2D eigenvalue weighted by atomic mass is 16.5. The molecule has 2 heterocycles. The maximum Gasteiger partial charge on any atom is 0.322 e. The topological polar surface area (TPSA) is 95.3 Å². The van der Waals surface area contributed by atoms with Gasteiger partial charge in [-0.3, -0.25) is 0 Å². The zero-order valence-electron chi connectivity index (χ0n) is 20.5. The highest BCUT2D eigenvalue weighted by molar-refractivity contribution is 5.90. The molecular formula is C26H31N3O6. The molecule has 4 rings (SSSR count). The Balaban J connectivity index is 1.56. The summed E-state index contributed by atoms with van der Waals surface area (Å²) < 4.78 is 27.7. The molecule has 1 fully saturated rings. The minimum atomic E-state index is -0.216. The number of ether oxygens (including phenoxy) is 4. The van der Waals surface area contributed by atoms with Gasteiger partial charge in [0.2, 0.25) is 5.75 Å². The summed E-state index contributed by atoms with van der Waals surface area (Å²) >= 11 is 0. The summed E-state index contributed by atoms with van der Waals surface area (Å²) in [6, 6.07) is 12.9. The predicted molar refractivity (Wildman–Crippen MR) is 131 cm³/mol. The van der Waals surface area contributed by atoms with Gasteiger partial charge >= 0.3 is 6.03 Å². The van der Waals surface area contributed by atoms with Gasteiger partial charge < -0.3 is 33.7 Å². The van der Waals surface area contributed by atoms with Crippen LogP contribution in [0.5, 0.6) is 17.2 Å². The lowest BCUT2D eigenvalue weighted by Gasteiger charge is -2.25. The monoisotopic (exact) mass is 481 g/mol. The first-order chi connectivity index (χ1) is 17.0. The number of nitrogens with one attached hydrogen (secondary N) is 1. The minimum Gasteiger partial charge on any atom is -0.493 e. The smallest absolute Gasteiger partial charge is 0.322 e. The van der Waals surface area contributed by atoms with Crippen molar-refractivity contribution in [3.8, 4) is 28.6 Å². The summed E-state index contributed by atoms with van der Waals surface area (Å²) in [5, 5.41) is 7.23. The van der Waals surface area contributed by atoms with Crippen LogP contribution >= 0.6 is 0 Å². The number of anilines is 1. The van der Waals surface area contributed by atoms with Gasteiger partial charge in [0.05, 0.1) is 34.0 Å². The number of aryl methyl sites for hydroxylation is 1. The molecule has 186 valence electrons. The molecule has 9 nitrogen and oxygen atoms in total. The number of nitrogens with zero attached hydrogens (tertiary/aromatic N) is 2. The second-order valence-corrected chi connectivity index (χ2v) is 8.36. The molecule has 0 aliphatic carbocycles. The molecule has 2 aromatic carbocycles. The van der Waals surface area contributed by atoms with E-state index < -0.39 is 0 Å². The number of hydrogen-bond acceptors (Lipinski definition) is 7. The van der Waals surface area contributed by atoms with E-state index >= 15 is 0 Å². The van der Waals surface area contributed by atoms with Crippen molar-refractivity contribution in [3.63, 3.8) is 0 Å². The molecule has 0 radical (unpaired) electrons. The molecule has 35 heavy (non-hydrogen) atoms. The molecule has 1 saturated heterocycles. The Morgan fingerprint density at radius 3 is 2.49 bits per heavy atom. The fraction of sp³-hybridized carbons (Fsp3) is 0.385. The summed E-state index contributed by atoms with van der Waals surface area (Å²) in [7, 11) is 4.67. The molecular weight excluding hydrogens is 450 g/mol. The summed E-state index contributed by atoms with van der Waals surface area (Å²) in [5.41, 5.74) is 3.09. The lowest BCUT2D eigenvalue weighted by atomic mass is 10.1. The number of rotatable bonds is 9. The second-order valence-electron chi connectivity index (χ2n) is 8.36. The summed E-state index contributed by atoms with van der Waals surface area (Å²) in [6.45, 7) is 3.41. The number of benzene rings is 2. The molecule has 3 aromatic rings. The Morgan fingerprint density at radius 2 is 1.86 bits per heavy atom. The normalized spacial score (nSPS) is 15.0. The SMILES string of the molecule is COc1cc(-c2cc(CN(C[C@H]3CCCO3)C(=O)Nc3ccccc3C)no2)cc(OC)c1OC. The number of hydrogen-bond donors (Lipinski definition) is 1. The Kier molecular flexibility index (Phi) is 7.77.